The van der Waals surface area contributed by atoms with Gasteiger partial charge in [-0.05, 0) is 54.6 Å². The average Bonchev–Trinajstić information content (AvgIpc) is 3.22. The minimum atomic E-state index is 0.0304. The summed E-state index contributed by atoms with van der Waals surface area (Å²) in [5, 5.41) is 2.28. The summed E-state index contributed by atoms with van der Waals surface area (Å²) in [7, 11) is 3.27. The fourth-order valence-electron chi connectivity index (χ4n) is 4.12. The second-order valence-electron chi connectivity index (χ2n) is 7.63. The maximum absolute atomic E-state index is 13.1. The number of Topliss-reactive ketones (excluding diaryl/α,β-unsaturated/α-hetero) is 1. The van der Waals surface area contributed by atoms with E-state index in [0.717, 1.165) is 44.6 Å². The number of hydrogen-bond acceptors (Lipinski definition) is 3. The summed E-state index contributed by atoms with van der Waals surface area (Å²) in [6, 6.07) is 25.4. The molecule has 5 aromatic rings. The molecule has 0 fully saturated rings. The highest BCUT2D eigenvalue weighted by Gasteiger charge is 2.23. The van der Waals surface area contributed by atoms with Crippen LogP contribution in [0.3, 0.4) is 0 Å². The molecule has 3 aromatic carbocycles. The van der Waals surface area contributed by atoms with Gasteiger partial charge >= 0.3 is 0 Å². The molecular weight excluding hydrogens is 400 g/mol. The maximum Gasteiger partial charge on any atom is 0.237 e. The number of hydrogen-bond donors (Lipinski definition) is 1. The first-order valence-corrected chi connectivity index (χ1v) is 10.4. The Morgan fingerprint density at radius 2 is 1.47 bits per heavy atom. The van der Waals surface area contributed by atoms with Gasteiger partial charge in [0.2, 0.25) is 18.0 Å². The third-order valence-corrected chi connectivity index (χ3v) is 5.78. The quantitative estimate of drug-likeness (QED) is 0.303. The Bertz CT molecular complexity index is 1420. The molecule has 0 aliphatic carbocycles. The zero-order chi connectivity index (χ0) is 22.1. The molecule has 0 saturated heterocycles. The Kier molecular flexibility index (Phi) is 5.07. The zero-order valence-corrected chi connectivity index (χ0v) is 18.0. The van der Waals surface area contributed by atoms with Gasteiger partial charge in [-0.15, -0.1) is 0 Å². The van der Waals surface area contributed by atoms with Gasteiger partial charge in [0, 0.05) is 33.5 Å². The Morgan fingerprint density at radius 3 is 2.16 bits per heavy atom. The van der Waals surface area contributed by atoms with Crippen LogP contribution >= 0.6 is 0 Å². The van der Waals surface area contributed by atoms with E-state index in [4.69, 9.17) is 9.47 Å². The number of carbonyl (C=O) groups excluding carboxylic acids is 1. The first-order chi connectivity index (χ1) is 15.7. The number of rotatable bonds is 6. The third kappa shape index (κ3) is 3.48. The summed E-state index contributed by atoms with van der Waals surface area (Å²) >= 11 is 0. The van der Waals surface area contributed by atoms with Crippen LogP contribution in [0.2, 0.25) is 0 Å². The van der Waals surface area contributed by atoms with Gasteiger partial charge in [0.25, 0.3) is 0 Å². The number of pyridine rings is 1. The van der Waals surface area contributed by atoms with Crippen molar-refractivity contribution in [1.82, 2.24) is 4.98 Å². The largest absolute Gasteiger partial charge is 0.497 e. The van der Waals surface area contributed by atoms with Crippen molar-refractivity contribution < 1.29 is 18.8 Å². The van der Waals surface area contributed by atoms with Crippen molar-refractivity contribution in [1.29, 1.82) is 0 Å². The molecule has 0 unspecified atom stereocenters. The van der Waals surface area contributed by atoms with E-state index in [-0.39, 0.29) is 12.3 Å². The van der Waals surface area contributed by atoms with Crippen molar-refractivity contribution >= 4 is 27.6 Å². The molecule has 0 bridgehead atoms. The van der Waals surface area contributed by atoms with Gasteiger partial charge in [0.05, 0.1) is 14.2 Å². The van der Waals surface area contributed by atoms with Crippen LogP contribution in [0.1, 0.15) is 10.4 Å². The number of nitrogens with one attached hydrogen (secondary N) is 1. The monoisotopic (exact) mass is 423 g/mol. The fraction of sp³-hybridized carbons (Fsp3) is 0.111. The lowest BCUT2D eigenvalue weighted by atomic mass is 10.1. The molecule has 0 atom stereocenters. The van der Waals surface area contributed by atoms with Crippen molar-refractivity contribution in [2.75, 3.05) is 14.2 Å². The highest BCUT2D eigenvalue weighted by atomic mass is 16.5. The standard InChI is InChI=1S/C27H22N2O3/c1-31-20-11-7-18(8-12-20)25(30)17-29-16-15-23-22-5-3-4-6-24(22)28-26(23)27(29)19-9-13-21(32-2)14-10-19/h3-16H,17H2,1-2H3/p+1. The van der Waals surface area contributed by atoms with Crippen molar-refractivity contribution in [3.05, 3.63) is 90.6 Å². The first-order valence-electron chi connectivity index (χ1n) is 10.4. The molecule has 2 heterocycles. The second kappa shape index (κ2) is 8.19. The second-order valence-corrected chi connectivity index (χ2v) is 7.63. The van der Waals surface area contributed by atoms with Gasteiger partial charge in [-0.3, -0.25) is 4.79 Å². The molecule has 2 aromatic heterocycles. The summed E-state index contributed by atoms with van der Waals surface area (Å²) in [5.41, 5.74) is 4.68. The molecular formula is C27H23N2O3+. The van der Waals surface area contributed by atoms with Crippen LogP contribution in [0, 0.1) is 0 Å². The number of aromatic amines is 1. The van der Waals surface area contributed by atoms with Crippen molar-refractivity contribution in [3.8, 4) is 22.8 Å². The highest BCUT2D eigenvalue weighted by molar-refractivity contribution is 6.10. The summed E-state index contributed by atoms with van der Waals surface area (Å²) < 4.78 is 12.5. The molecule has 0 amide bonds. The molecule has 5 nitrogen and oxygen atoms in total. The molecule has 5 heteroatoms. The van der Waals surface area contributed by atoms with Crippen LogP contribution < -0.4 is 14.0 Å². The van der Waals surface area contributed by atoms with Crippen LogP contribution in [-0.4, -0.2) is 25.0 Å². The minimum absolute atomic E-state index is 0.0304. The van der Waals surface area contributed by atoms with E-state index >= 15 is 0 Å². The smallest absolute Gasteiger partial charge is 0.237 e. The highest BCUT2D eigenvalue weighted by Crippen LogP contribution is 2.31. The molecule has 0 spiro atoms. The van der Waals surface area contributed by atoms with E-state index in [1.54, 1.807) is 26.4 Å². The van der Waals surface area contributed by atoms with Gasteiger partial charge in [0.15, 0.2) is 6.20 Å². The Morgan fingerprint density at radius 1 is 0.812 bits per heavy atom. The number of benzene rings is 3. The molecule has 0 radical (unpaired) electrons. The number of methoxy groups -OCH3 is 2. The molecule has 0 aliphatic rings. The fourth-order valence-corrected chi connectivity index (χ4v) is 4.12. The van der Waals surface area contributed by atoms with Crippen LogP contribution in [0.5, 0.6) is 11.5 Å². The van der Waals surface area contributed by atoms with E-state index in [9.17, 15) is 4.79 Å². The predicted octanol–water partition coefficient (Wildman–Crippen LogP) is 5.18. The van der Waals surface area contributed by atoms with Crippen LogP contribution in [0.15, 0.2) is 85.1 Å². The number of ketones is 1. The van der Waals surface area contributed by atoms with Gasteiger partial charge in [-0.2, -0.15) is 4.57 Å². The molecule has 5 rings (SSSR count). The number of para-hydroxylation sites is 1. The number of fused-ring (bicyclic) bond motifs is 3. The third-order valence-electron chi connectivity index (χ3n) is 5.78. The predicted molar refractivity (Wildman–Crippen MR) is 125 cm³/mol. The minimum Gasteiger partial charge on any atom is -0.497 e. The van der Waals surface area contributed by atoms with Crippen molar-refractivity contribution in [2.45, 2.75) is 6.54 Å². The Balaban J connectivity index is 1.65. The van der Waals surface area contributed by atoms with Crippen LogP contribution in [0.25, 0.3) is 33.1 Å². The summed E-state index contributed by atoms with van der Waals surface area (Å²) in [6.45, 7) is 0.221. The Hall–Kier alpha value is -4.12. The molecule has 0 saturated carbocycles. The van der Waals surface area contributed by atoms with Gasteiger partial charge in [-0.25, -0.2) is 0 Å². The number of carbonyl (C=O) groups is 1. The van der Waals surface area contributed by atoms with Gasteiger partial charge in [0.1, 0.15) is 17.0 Å². The van der Waals surface area contributed by atoms with E-state index < -0.39 is 0 Å². The number of aromatic nitrogens is 2. The maximum atomic E-state index is 13.1. The molecule has 0 aliphatic heterocycles. The van der Waals surface area contributed by atoms with E-state index in [0.29, 0.717) is 5.56 Å². The average molecular weight is 423 g/mol. The van der Waals surface area contributed by atoms with Crippen molar-refractivity contribution in [3.63, 3.8) is 0 Å². The Labute approximate surface area is 185 Å². The lowest BCUT2D eigenvalue weighted by Gasteiger charge is -2.07. The summed E-state index contributed by atoms with van der Waals surface area (Å²) in [5.74, 6) is 1.55. The van der Waals surface area contributed by atoms with Crippen molar-refractivity contribution in [2.24, 2.45) is 0 Å². The van der Waals surface area contributed by atoms with Crippen LogP contribution in [-0.2, 0) is 6.54 Å². The molecule has 32 heavy (non-hydrogen) atoms. The SMILES string of the molecule is COc1ccc(C(=O)C[n+]2ccc3c([nH]c4ccccc43)c2-c2ccc(OC)cc2)cc1. The molecule has 158 valence electrons. The van der Waals surface area contributed by atoms with E-state index in [1.807, 2.05) is 59.3 Å². The zero-order valence-electron chi connectivity index (χ0n) is 18.0. The number of ether oxygens (including phenoxy) is 2. The van der Waals surface area contributed by atoms with E-state index in [1.165, 1.54) is 0 Å². The van der Waals surface area contributed by atoms with Gasteiger partial charge < -0.3 is 14.5 Å². The number of H-pyrrole nitrogens is 1. The summed E-state index contributed by atoms with van der Waals surface area (Å²) in [6.07, 6.45) is 1.99. The van der Waals surface area contributed by atoms with E-state index in [2.05, 4.69) is 23.2 Å². The normalized spacial score (nSPS) is 11.1. The summed E-state index contributed by atoms with van der Waals surface area (Å²) in [4.78, 5) is 16.7. The van der Waals surface area contributed by atoms with Crippen LogP contribution in [0.4, 0.5) is 0 Å². The van der Waals surface area contributed by atoms with Gasteiger partial charge in [-0.1, -0.05) is 18.2 Å². The topological polar surface area (TPSA) is 55.2 Å². The molecule has 1 N–H and O–H groups in total. The first kappa shape index (κ1) is 19.8. The number of nitrogens with zero attached hydrogens (tertiary/aromatic N) is 1. The lowest BCUT2D eigenvalue weighted by Crippen LogP contribution is -2.40. The lowest BCUT2D eigenvalue weighted by molar-refractivity contribution is -0.671.